The van der Waals surface area contributed by atoms with Crippen LogP contribution in [0, 0.1) is 11.7 Å². The summed E-state index contributed by atoms with van der Waals surface area (Å²) in [6.07, 6.45) is 4.91. The number of esters is 1. The SMILES string of the molecule is O=C(COC(=O)CC1CCCC1)NCc1ccc(F)cc1. The van der Waals surface area contributed by atoms with Crippen LogP contribution in [0.2, 0.25) is 0 Å². The van der Waals surface area contributed by atoms with E-state index in [1.165, 1.54) is 25.0 Å². The molecule has 2 rings (SSSR count). The van der Waals surface area contributed by atoms with Gasteiger partial charge in [-0.3, -0.25) is 9.59 Å². The fourth-order valence-electron chi connectivity index (χ4n) is 2.51. The predicted molar refractivity (Wildman–Crippen MR) is 75.8 cm³/mol. The molecule has 0 aromatic heterocycles. The summed E-state index contributed by atoms with van der Waals surface area (Å²) in [6, 6.07) is 5.87. The number of ether oxygens (including phenoxy) is 1. The van der Waals surface area contributed by atoms with E-state index in [0.29, 0.717) is 18.9 Å². The molecular formula is C16H20FNO3. The van der Waals surface area contributed by atoms with E-state index >= 15 is 0 Å². The van der Waals surface area contributed by atoms with Crippen molar-refractivity contribution in [1.82, 2.24) is 5.32 Å². The van der Waals surface area contributed by atoms with Crippen molar-refractivity contribution in [2.24, 2.45) is 5.92 Å². The third-order valence-electron chi connectivity index (χ3n) is 3.70. The minimum Gasteiger partial charge on any atom is -0.456 e. The number of carbonyl (C=O) groups is 2. The van der Waals surface area contributed by atoms with Crippen LogP contribution in [0.25, 0.3) is 0 Å². The molecule has 0 saturated heterocycles. The van der Waals surface area contributed by atoms with Crippen molar-refractivity contribution in [3.8, 4) is 0 Å². The molecular weight excluding hydrogens is 273 g/mol. The summed E-state index contributed by atoms with van der Waals surface area (Å²) in [5, 5.41) is 2.63. The predicted octanol–water partition coefficient (Wildman–Crippen LogP) is 2.57. The molecule has 1 amide bonds. The molecule has 0 heterocycles. The van der Waals surface area contributed by atoms with E-state index in [2.05, 4.69) is 5.32 Å². The van der Waals surface area contributed by atoms with Crippen molar-refractivity contribution in [2.45, 2.75) is 38.6 Å². The average Bonchev–Trinajstić information content (AvgIpc) is 2.97. The zero-order chi connectivity index (χ0) is 15.1. The van der Waals surface area contributed by atoms with Crippen LogP contribution in [0.4, 0.5) is 4.39 Å². The molecule has 114 valence electrons. The number of hydrogen-bond donors (Lipinski definition) is 1. The lowest BCUT2D eigenvalue weighted by Gasteiger charge is -2.09. The number of rotatable bonds is 6. The molecule has 0 spiro atoms. The van der Waals surface area contributed by atoms with Gasteiger partial charge >= 0.3 is 5.97 Å². The Hall–Kier alpha value is -1.91. The van der Waals surface area contributed by atoms with Crippen LogP contribution in [-0.2, 0) is 20.9 Å². The molecule has 5 heteroatoms. The van der Waals surface area contributed by atoms with Crippen molar-refractivity contribution >= 4 is 11.9 Å². The Morgan fingerprint density at radius 1 is 1.19 bits per heavy atom. The Bertz CT molecular complexity index is 481. The molecule has 1 fully saturated rings. The topological polar surface area (TPSA) is 55.4 Å². The largest absolute Gasteiger partial charge is 0.456 e. The molecule has 0 aliphatic heterocycles. The monoisotopic (exact) mass is 293 g/mol. The highest BCUT2D eigenvalue weighted by molar-refractivity contribution is 5.80. The fourth-order valence-corrected chi connectivity index (χ4v) is 2.51. The first-order valence-electron chi connectivity index (χ1n) is 7.30. The number of hydrogen-bond acceptors (Lipinski definition) is 3. The lowest BCUT2D eigenvalue weighted by molar-refractivity contribution is -0.149. The smallest absolute Gasteiger partial charge is 0.306 e. The summed E-state index contributed by atoms with van der Waals surface area (Å²) >= 11 is 0. The van der Waals surface area contributed by atoms with Gasteiger partial charge in [0.2, 0.25) is 0 Å². The number of halogens is 1. The Morgan fingerprint density at radius 2 is 1.86 bits per heavy atom. The molecule has 1 aromatic carbocycles. The zero-order valence-corrected chi connectivity index (χ0v) is 11.9. The van der Waals surface area contributed by atoms with Crippen LogP contribution < -0.4 is 5.32 Å². The quantitative estimate of drug-likeness (QED) is 0.820. The Labute approximate surface area is 123 Å². The van der Waals surface area contributed by atoms with Gasteiger partial charge < -0.3 is 10.1 Å². The van der Waals surface area contributed by atoms with E-state index in [1.54, 1.807) is 12.1 Å². The van der Waals surface area contributed by atoms with Gasteiger partial charge in [-0.05, 0) is 36.5 Å². The molecule has 1 N–H and O–H groups in total. The average molecular weight is 293 g/mol. The summed E-state index contributed by atoms with van der Waals surface area (Å²) in [5.41, 5.74) is 0.794. The van der Waals surface area contributed by atoms with Crippen molar-refractivity contribution in [1.29, 1.82) is 0 Å². The maximum absolute atomic E-state index is 12.7. The van der Waals surface area contributed by atoms with E-state index in [0.717, 1.165) is 18.4 Å². The van der Waals surface area contributed by atoms with E-state index in [1.807, 2.05) is 0 Å². The van der Waals surface area contributed by atoms with E-state index in [4.69, 9.17) is 4.74 Å². The number of benzene rings is 1. The normalized spacial score (nSPS) is 14.9. The number of amides is 1. The van der Waals surface area contributed by atoms with Crippen molar-refractivity contribution in [3.05, 3.63) is 35.6 Å². The highest BCUT2D eigenvalue weighted by atomic mass is 19.1. The van der Waals surface area contributed by atoms with Crippen molar-refractivity contribution < 1.29 is 18.7 Å². The van der Waals surface area contributed by atoms with Gasteiger partial charge in [0.1, 0.15) is 5.82 Å². The molecule has 0 radical (unpaired) electrons. The lowest BCUT2D eigenvalue weighted by Crippen LogP contribution is -2.28. The van der Waals surface area contributed by atoms with E-state index < -0.39 is 0 Å². The lowest BCUT2D eigenvalue weighted by atomic mass is 10.1. The first-order chi connectivity index (χ1) is 10.1. The van der Waals surface area contributed by atoms with Crippen molar-refractivity contribution in [2.75, 3.05) is 6.61 Å². The summed E-state index contributed by atoms with van der Waals surface area (Å²) in [5.74, 6) is -0.552. The minimum atomic E-state index is -0.348. The van der Waals surface area contributed by atoms with Gasteiger partial charge in [-0.25, -0.2) is 4.39 Å². The van der Waals surface area contributed by atoms with Crippen LogP contribution in [0.1, 0.15) is 37.7 Å². The molecule has 0 atom stereocenters. The standard InChI is InChI=1S/C16H20FNO3/c17-14-7-5-13(6-8-14)10-18-15(19)11-21-16(20)9-12-3-1-2-4-12/h5-8,12H,1-4,9-11H2,(H,18,19). The Morgan fingerprint density at radius 3 is 2.52 bits per heavy atom. The molecule has 1 aliphatic rings. The molecule has 1 aromatic rings. The fraction of sp³-hybridized carbons (Fsp3) is 0.500. The van der Waals surface area contributed by atoms with Crippen molar-refractivity contribution in [3.63, 3.8) is 0 Å². The van der Waals surface area contributed by atoms with Crippen LogP contribution in [-0.4, -0.2) is 18.5 Å². The summed E-state index contributed by atoms with van der Waals surface area (Å²) in [7, 11) is 0. The van der Waals surface area contributed by atoms with Crippen LogP contribution >= 0.6 is 0 Å². The van der Waals surface area contributed by atoms with Gasteiger partial charge in [-0.15, -0.1) is 0 Å². The van der Waals surface area contributed by atoms with Crippen LogP contribution in [0.3, 0.4) is 0 Å². The van der Waals surface area contributed by atoms with Gasteiger partial charge in [0.25, 0.3) is 5.91 Å². The third kappa shape index (κ3) is 5.53. The highest BCUT2D eigenvalue weighted by Gasteiger charge is 2.19. The first-order valence-corrected chi connectivity index (χ1v) is 7.30. The second kappa shape index (κ2) is 7.76. The number of nitrogens with one attached hydrogen (secondary N) is 1. The molecule has 1 aliphatic carbocycles. The van der Waals surface area contributed by atoms with Gasteiger partial charge in [0, 0.05) is 13.0 Å². The van der Waals surface area contributed by atoms with Gasteiger partial charge in [0.05, 0.1) is 0 Å². The van der Waals surface area contributed by atoms with Crippen LogP contribution in [0.5, 0.6) is 0 Å². The second-order valence-electron chi connectivity index (χ2n) is 5.42. The highest BCUT2D eigenvalue weighted by Crippen LogP contribution is 2.27. The van der Waals surface area contributed by atoms with Gasteiger partial charge in [-0.2, -0.15) is 0 Å². The summed E-state index contributed by atoms with van der Waals surface area (Å²) in [6.45, 7) is 0.0338. The molecule has 21 heavy (non-hydrogen) atoms. The maximum atomic E-state index is 12.7. The van der Waals surface area contributed by atoms with E-state index in [-0.39, 0.29) is 24.3 Å². The zero-order valence-electron chi connectivity index (χ0n) is 11.9. The van der Waals surface area contributed by atoms with E-state index in [9.17, 15) is 14.0 Å². The summed E-state index contributed by atoms with van der Waals surface area (Å²) in [4.78, 5) is 23.1. The summed E-state index contributed by atoms with van der Waals surface area (Å²) < 4.78 is 17.7. The molecule has 0 bridgehead atoms. The minimum absolute atomic E-state index is 0.257. The molecule has 1 saturated carbocycles. The van der Waals surface area contributed by atoms with Gasteiger partial charge in [0.15, 0.2) is 6.61 Å². The second-order valence-corrected chi connectivity index (χ2v) is 5.42. The number of carbonyl (C=O) groups excluding carboxylic acids is 2. The Kier molecular flexibility index (Phi) is 5.72. The first kappa shape index (κ1) is 15.5. The molecule has 4 nitrogen and oxygen atoms in total. The molecule has 0 unspecified atom stereocenters. The van der Waals surface area contributed by atoms with Gasteiger partial charge in [-0.1, -0.05) is 25.0 Å². The Balaban J connectivity index is 1.62. The third-order valence-corrected chi connectivity index (χ3v) is 3.70. The maximum Gasteiger partial charge on any atom is 0.306 e. The van der Waals surface area contributed by atoms with Crippen LogP contribution in [0.15, 0.2) is 24.3 Å².